The molecule has 0 fully saturated rings. The van der Waals surface area contributed by atoms with E-state index in [2.05, 4.69) is 15.2 Å². The van der Waals surface area contributed by atoms with E-state index in [0.29, 0.717) is 5.69 Å². The lowest BCUT2D eigenvalue weighted by Gasteiger charge is -1.99. The van der Waals surface area contributed by atoms with Gasteiger partial charge in [0.05, 0.1) is 29.5 Å². The summed E-state index contributed by atoms with van der Waals surface area (Å²) < 4.78 is 5.79. The molecule has 0 spiro atoms. The smallest absolute Gasteiger partial charge is 0.327 e. The maximum absolute atomic E-state index is 11.9. The monoisotopic (exact) mass is 310 g/mol. The Labute approximate surface area is 122 Å². The van der Waals surface area contributed by atoms with Crippen molar-refractivity contribution in [3.8, 4) is 0 Å². The van der Waals surface area contributed by atoms with E-state index in [-0.39, 0.29) is 17.1 Å². The first-order valence-electron chi connectivity index (χ1n) is 5.63. The van der Waals surface area contributed by atoms with Crippen LogP contribution in [0, 0.1) is 10.1 Å². The molecule has 2 rings (SSSR count). The number of amides is 1. The predicted octanol–water partition coefficient (Wildman–Crippen LogP) is 1.28. The van der Waals surface area contributed by atoms with Crippen LogP contribution >= 0.6 is 11.3 Å². The number of nitrogens with zero attached hydrogens (tertiary/aromatic N) is 3. The molecule has 0 aliphatic rings. The Bertz CT molecular complexity index is 692. The van der Waals surface area contributed by atoms with Crippen molar-refractivity contribution < 1.29 is 19.2 Å². The Hall–Kier alpha value is -2.75. The summed E-state index contributed by atoms with van der Waals surface area (Å²) in [7, 11) is 1.26. The summed E-state index contributed by atoms with van der Waals surface area (Å²) in [5.74, 6) is -0.957. The first-order chi connectivity index (χ1) is 9.99. The number of nitrogens with one attached hydrogen (secondary N) is 1. The summed E-state index contributed by atoms with van der Waals surface area (Å²) in [5.41, 5.74) is 0.560. The minimum absolute atomic E-state index is 0.0731. The molecule has 0 atom stereocenters. The van der Waals surface area contributed by atoms with Crippen molar-refractivity contribution in [1.29, 1.82) is 0 Å². The van der Waals surface area contributed by atoms with Crippen molar-refractivity contribution in [2.24, 2.45) is 0 Å². The Morgan fingerprint density at radius 3 is 2.95 bits per heavy atom. The Morgan fingerprint density at radius 2 is 2.33 bits per heavy atom. The number of esters is 1. The van der Waals surface area contributed by atoms with Gasteiger partial charge >= 0.3 is 11.0 Å². The van der Waals surface area contributed by atoms with Crippen LogP contribution in [0.1, 0.15) is 10.4 Å². The number of methoxy groups -OCH3 is 1. The summed E-state index contributed by atoms with van der Waals surface area (Å²) in [5, 5.41) is 18.3. The normalized spacial score (nSPS) is 10.1. The summed E-state index contributed by atoms with van der Waals surface area (Å²) in [6, 6.07) is 1.19. The minimum Gasteiger partial charge on any atom is -0.468 e. The van der Waals surface area contributed by atoms with Gasteiger partial charge in [-0.15, -0.1) is 0 Å². The number of nitro groups is 1. The Balaban J connectivity index is 2.02. The predicted molar refractivity (Wildman–Crippen MR) is 73.2 cm³/mol. The number of aromatic nitrogens is 2. The zero-order valence-electron chi connectivity index (χ0n) is 10.8. The molecule has 2 aromatic rings. The molecule has 0 bridgehead atoms. The van der Waals surface area contributed by atoms with Gasteiger partial charge in [-0.25, -0.2) is 0 Å². The van der Waals surface area contributed by atoms with Crippen LogP contribution in [-0.4, -0.2) is 33.7 Å². The number of rotatable bonds is 5. The third-order valence-corrected chi connectivity index (χ3v) is 3.32. The number of anilines is 1. The maximum Gasteiger partial charge on any atom is 0.327 e. The molecule has 21 heavy (non-hydrogen) atoms. The molecule has 0 saturated heterocycles. The lowest BCUT2D eigenvalue weighted by Crippen LogP contribution is -2.12. The lowest BCUT2D eigenvalue weighted by molar-refractivity contribution is -0.380. The standard InChI is InChI=1S/C11H10N4O5S/c1-20-10(16)5-14-4-8(3-12-14)13-11(17)7-2-9(15(18)19)21-6-7/h2-4,6H,5H2,1H3,(H,13,17). The van der Waals surface area contributed by atoms with E-state index in [9.17, 15) is 19.7 Å². The Morgan fingerprint density at radius 1 is 1.57 bits per heavy atom. The Kier molecular flexibility index (Phi) is 4.28. The van der Waals surface area contributed by atoms with Crippen molar-refractivity contribution in [3.63, 3.8) is 0 Å². The fourth-order valence-electron chi connectivity index (χ4n) is 1.45. The number of carbonyl (C=O) groups excluding carboxylic acids is 2. The van der Waals surface area contributed by atoms with Crippen LogP contribution in [0.5, 0.6) is 0 Å². The SMILES string of the molecule is COC(=O)Cn1cc(NC(=O)c2csc([N+](=O)[O-])c2)cn1. The van der Waals surface area contributed by atoms with Gasteiger partial charge in [0.1, 0.15) is 6.54 Å². The van der Waals surface area contributed by atoms with E-state index in [1.54, 1.807) is 0 Å². The van der Waals surface area contributed by atoms with E-state index in [1.165, 1.54) is 35.6 Å². The lowest BCUT2D eigenvalue weighted by atomic mass is 10.3. The van der Waals surface area contributed by atoms with Crippen molar-refractivity contribution in [1.82, 2.24) is 9.78 Å². The molecule has 10 heteroatoms. The second-order valence-corrected chi connectivity index (χ2v) is 4.78. The molecule has 0 aliphatic carbocycles. The van der Waals surface area contributed by atoms with E-state index in [1.807, 2.05) is 0 Å². The molecular formula is C11H10N4O5S. The van der Waals surface area contributed by atoms with E-state index >= 15 is 0 Å². The van der Waals surface area contributed by atoms with Crippen LogP contribution < -0.4 is 5.32 Å². The van der Waals surface area contributed by atoms with Gasteiger partial charge in [-0.1, -0.05) is 11.3 Å². The summed E-state index contributed by atoms with van der Waals surface area (Å²) >= 11 is 0.871. The maximum atomic E-state index is 11.9. The fourth-order valence-corrected chi connectivity index (χ4v) is 2.16. The van der Waals surface area contributed by atoms with Gasteiger partial charge in [0, 0.05) is 17.6 Å². The molecule has 110 valence electrons. The first-order valence-corrected chi connectivity index (χ1v) is 6.51. The van der Waals surface area contributed by atoms with Gasteiger partial charge in [-0.05, 0) is 0 Å². The quantitative estimate of drug-likeness (QED) is 0.505. The summed E-state index contributed by atoms with van der Waals surface area (Å²) in [6.45, 7) is -0.0731. The first kappa shape index (κ1) is 14.7. The van der Waals surface area contributed by atoms with E-state index < -0.39 is 16.8 Å². The second kappa shape index (κ2) is 6.13. The molecule has 0 aliphatic heterocycles. The molecule has 2 aromatic heterocycles. The van der Waals surface area contributed by atoms with Gasteiger partial charge in [0.15, 0.2) is 0 Å². The highest BCUT2D eigenvalue weighted by molar-refractivity contribution is 7.13. The number of ether oxygens (including phenoxy) is 1. The van der Waals surface area contributed by atoms with Crippen LogP contribution in [0.2, 0.25) is 0 Å². The van der Waals surface area contributed by atoms with Gasteiger partial charge in [-0.2, -0.15) is 5.10 Å². The van der Waals surface area contributed by atoms with E-state index in [4.69, 9.17) is 0 Å². The van der Waals surface area contributed by atoms with E-state index in [0.717, 1.165) is 11.3 Å². The number of thiophene rings is 1. The fraction of sp³-hybridized carbons (Fsp3) is 0.182. The highest BCUT2D eigenvalue weighted by atomic mass is 32.1. The highest BCUT2D eigenvalue weighted by Gasteiger charge is 2.15. The van der Waals surface area contributed by atoms with Crippen molar-refractivity contribution >= 4 is 33.9 Å². The van der Waals surface area contributed by atoms with Gasteiger partial charge < -0.3 is 10.1 Å². The molecule has 2 heterocycles. The van der Waals surface area contributed by atoms with Gasteiger partial charge in [0.25, 0.3) is 5.91 Å². The van der Waals surface area contributed by atoms with Crippen LogP contribution in [0.3, 0.4) is 0 Å². The molecule has 9 nitrogen and oxygen atoms in total. The molecule has 1 N–H and O–H groups in total. The van der Waals surface area contributed by atoms with Gasteiger partial charge in [-0.3, -0.25) is 24.4 Å². The zero-order chi connectivity index (χ0) is 15.4. The largest absolute Gasteiger partial charge is 0.468 e. The second-order valence-electron chi connectivity index (χ2n) is 3.89. The summed E-state index contributed by atoms with van der Waals surface area (Å²) in [6.07, 6.45) is 2.82. The van der Waals surface area contributed by atoms with Crippen molar-refractivity contribution in [3.05, 3.63) is 39.5 Å². The van der Waals surface area contributed by atoms with Gasteiger partial charge in [0.2, 0.25) is 0 Å². The topological polar surface area (TPSA) is 116 Å². The van der Waals surface area contributed by atoms with Crippen LogP contribution in [0.25, 0.3) is 0 Å². The third-order valence-electron chi connectivity index (χ3n) is 2.44. The number of hydrogen-bond acceptors (Lipinski definition) is 7. The van der Waals surface area contributed by atoms with Crippen molar-refractivity contribution in [2.75, 3.05) is 12.4 Å². The molecule has 1 amide bonds. The van der Waals surface area contributed by atoms with Crippen LogP contribution in [0.15, 0.2) is 23.8 Å². The van der Waals surface area contributed by atoms with Crippen LogP contribution in [0.4, 0.5) is 10.7 Å². The zero-order valence-corrected chi connectivity index (χ0v) is 11.6. The molecule has 0 unspecified atom stereocenters. The molecule has 0 radical (unpaired) electrons. The highest BCUT2D eigenvalue weighted by Crippen LogP contribution is 2.23. The number of hydrogen-bond donors (Lipinski definition) is 1. The third kappa shape index (κ3) is 3.63. The number of carbonyl (C=O) groups is 2. The average Bonchev–Trinajstić information content (AvgIpc) is 3.07. The molecular weight excluding hydrogens is 300 g/mol. The summed E-state index contributed by atoms with van der Waals surface area (Å²) in [4.78, 5) is 32.9. The average molecular weight is 310 g/mol. The van der Waals surface area contributed by atoms with Crippen LogP contribution in [-0.2, 0) is 16.1 Å². The minimum atomic E-state index is -0.560. The molecule has 0 saturated carbocycles. The molecule has 0 aromatic carbocycles. The van der Waals surface area contributed by atoms with Crippen molar-refractivity contribution in [2.45, 2.75) is 6.54 Å².